The van der Waals surface area contributed by atoms with Crippen LogP contribution < -0.4 is 10.6 Å². The van der Waals surface area contributed by atoms with Crippen molar-refractivity contribution >= 4 is 11.8 Å². The Morgan fingerprint density at radius 3 is 2.68 bits per heavy atom. The van der Waals surface area contributed by atoms with Gasteiger partial charge in [0.15, 0.2) is 0 Å². The normalized spacial score (nSPS) is 24.0. The van der Waals surface area contributed by atoms with E-state index in [-0.39, 0.29) is 29.7 Å². The molecule has 108 valence electrons. The molecular weight excluding hydrogens is 242 g/mol. The van der Waals surface area contributed by atoms with E-state index in [1.165, 1.54) is 0 Å². The van der Waals surface area contributed by atoms with Gasteiger partial charge in [-0.15, -0.1) is 0 Å². The number of nitrogens with one attached hydrogen (secondary N) is 2. The predicted octanol–water partition coefficient (Wildman–Crippen LogP) is 0.361. The van der Waals surface area contributed by atoms with Crippen LogP contribution >= 0.6 is 0 Å². The van der Waals surface area contributed by atoms with E-state index in [9.17, 15) is 9.59 Å². The zero-order valence-electron chi connectivity index (χ0n) is 12.0. The Labute approximate surface area is 115 Å². The Bertz CT molecular complexity index is 351. The van der Waals surface area contributed by atoms with Gasteiger partial charge in [0, 0.05) is 19.5 Å². The monoisotopic (exact) mass is 267 g/mol. The number of hydrogen-bond donors (Lipinski definition) is 2. The van der Waals surface area contributed by atoms with Crippen LogP contribution in [0.25, 0.3) is 0 Å². The van der Waals surface area contributed by atoms with E-state index < -0.39 is 0 Å². The van der Waals surface area contributed by atoms with Crippen molar-refractivity contribution in [1.29, 1.82) is 0 Å². The number of likely N-dealkylation sites (N-methyl/N-ethyl adjacent to an activating group) is 1. The molecule has 0 bridgehead atoms. The molecule has 1 unspecified atom stereocenters. The first-order valence-corrected chi connectivity index (χ1v) is 7.31. The second-order valence-electron chi connectivity index (χ2n) is 5.91. The molecule has 2 N–H and O–H groups in total. The molecule has 1 aliphatic carbocycles. The maximum Gasteiger partial charge on any atom is 0.239 e. The number of hydrogen-bond acceptors (Lipinski definition) is 3. The van der Waals surface area contributed by atoms with Crippen LogP contribution in [0.2, 0.25) is 0 Å². The van der Waals surface area contributed by atoms with Gasteiger partial charge < -0.3 is 15.5 Å². The molecule has 5 nitrogen and oxygen atoms in total. The number of nitrogens with zero attached hydrogens (tertiary/aromatic N) is 1. The molecule has 1 saturated heterocycles. The molecule has 19 heavy (non-hydrogen) atoms. The Morgan fingerprint density at radius 1 is 1.37 bits per heavy atom. The number of carbonyl (C=O) groups excluding carboxylic acids is 2. The third-order valence-electron chi connectivity index (χ3n) is 4.42. The Morgan fingerprint density at radius 2 is 2.05 bits per heavy atom. The highest BCUT2D eigenvalue weighted by atomic mass is 16.2. The minimum Gasteiger partial charge on any atom is -0.355 e. The second kappa shape index (κ2) is 5.90. The van der Waals surface area contributed by atoms with E-state index in [2.05, 4.69) is 10.6 Å². The fourth-order valence-electron chi connectivity index (χ4n) is 3.05. The van der Waals surface area contributed by atoms with E-state index in [4.69, 9.17) is 0 Å². The summed E-state index contributed by atoms with van der Waals surface area (Å²) in [5.74, 6) is 0.241. The predicted molar refractivity (Wildman–Crippen MR) is 73.6 cm³/mol. The molecule has 1 aliphatic heterocycles. The Balaban J connectivity index is 1.79. The van der Waals surface area contributed by atoms with Gasteiger partial charge in [-0.3, -0.25) is 9.59 Å². The lowest BCUT2D eigenvalue weighted by Gasteiger charge is -2.25. The maximum absolute atomic E-state index is 12.3. The van der Waals surface area contributed by atoms with E-state index in [0.717, 1.165) is 38.8 Å². The number of carbonyl (C=O) groups is 2. The minimum absolute atomic E-state index is 0.0577. The summed E-state index contributed by atoms with van der Waals surface area (Å²) in [5.41, 5.74) is 0.247. The Hall–Kier alpha value is -1.10. The van der Waals surface area contributed by atoms with Crippen LogP contribution in [0.1, 0.15) is 32.6 Å². The largest absolute Gasteiger partial charge is 0.355 e. The standard InChI is InChI=1S/C14H25N3O2/c1-3-6-16-12(18)10-17(2)13(19)11-9-14(11)4-7-15-8-5-14/h11,15H,3-10H2,1-2H3,(H,16,18). The highest BCUT2D eigenvalue weighted by Crippen LogP contribution is 2.59. The Kier molecular flexibility index (Phi) is 4.45. The number of piperidine rings is 1. The van der Waals surface area contributed by atoms with Gasteiger partial charge in [0.05, 0.1) is 6.54 Å². The molecule has 2 amide bonds. The summed E-state index contributed by atoms with van der Waals surface area (Å²) in [4.78, 5) is 25.5. The van der Waals surface area contributed by atoms with Crippen LogP contribution in [0.5, 0.6) is 0 Å². The quantitative estimate of drug-likeness (QED) is 0.756. The van der Waals surface area contributed by atoms with Crippen molar-refractivity contribution in [1.82, 2.24) is 15.5 Å². The molecule has 0 aromatic heterocycles. The van der Waals surface area contributed by atoms with Crippen LogP contribution in [-0.4, -0.2) is 49.9 Å². The fourth-order valence-corrected chi connectivity index (χ4v) is 3.05. The molecule has 1 atom stereocenters. The van der Waals surface area contributed by atoms with Gasteiger partial charge in [-0.2, -0.15) is 0 Å². The topological polar surface area (TPSA) is 61.4 Å². The highest BCUT2D eigenvalue weighted by Gasteiger charge is 2.58. The van der Waals surface area contributed by atoms with Crippen molar-refractivity contribution in [3.63, 3.8) is 0 Å². The first kappa shape index (κ1) is 14.3. The van der Waals surface area contributed by atoms with Crippen LogP contribution in [0.4, 0.5) is 0 Å². The van der Waals surface area contributed by atoms with E-state index in [1.807, 2.05) is 6.92 Å². The lowest BCUT2D eigenvalue weighted by Crippen LogP contribution is -2.40. The lowest BCUT2D eigenvalue weighted by molar-refractivity contribution is -0.136. The first-order valence-electron chi connectivity index (χ1n) is 7.31. The van der Waals surface area contributed by atoms with Crippen molar-refractivity contribution in [2.24, 2.45) is 11.3 Å². The highest BCUT2D eigenvalue weighted by molar-refractivity contribution is 5.87. The molecule has 2 rings (SSSR count). The fraction of sp³-hybridized carbons (Fsp3) is 0.857. The summed E-state index contributed by atoms with van der Waals surface area (Å²) >= 11 is 0. The minimum atomic E-state index is -0.0577. The first-order chi connectivity index (χ1) is 9.09. The van der Waals surface area contributed by atoms with E-state index >= 15 is 0 Å². The molecule has 1 heterocycles. The van der Waals surface area contributed by atoms with Gasteiger partial charge in [0.25, 0.3) is 0 Å². The summed E-state index contributed by atoms with van der Waals surface area (Å²) in [6.45, 7) is 4.92. The average molecular weight is 267 g/mol. The summed E-state index contributed by atoms with van der Waals surface area (Å²) in [5, 5.41) is 6.14. The molecule has 2 aliphatic rings. The van der Waals surface area contributed by atoms with Gasteiger partial charge in [-0.05, 0) is 44.2 Å². The summed E-state index contributed by atoms with van der Waals surface area (Å²) < 4.78 is 0. The zero-order chi connectivity index (χ0) is 13.9. The van der Waals surface area contributed by atoms with Crippen molar-refractivity contribution < 1.29 is 9.59 Å². The van der Waals surface area contributed by atoms with Crippen molar-refractivity contribution in [2.45, 2.75) is 32.6 Å². The van der Waals surface area contributed by atoms with Crippen LogP contribution in [0, 0.1) is 11.3 Å². The smallest absolute Gasteiger partial charge is 0.239 e. The summed E-state index contributed by atoms with van der Waals surface area (Å²) in [6.07, 6.45) is 4.12. The van der Waals surface area contributed by atoms with Gasteiger partial charge in [-0.1, -0.05) is 6.92 Å². The van der Waals surface area contributed by atoms with Crippen molar-refractivity contribution in [2.75, 3.05) is 33.2 Å². The zero-order valence-corrected chi connectivity index (χ0v) is 12.0. The van der Waals surface area contributed by atoms with E-state index in [0.29, 0.717) is 6.54 Å². The van der Waals surface area contributed by atoms with Gasteiger partial charge in [0.2, 0.25) is 11.8 Å². The van der Waals surface area contributed by atoms with Gasteiger partial charge >= 0.3 is 0 Å². The number of amides is 2. The second-order valence-corrected chi connectivity index (χ2v) is 5.91. The van der Waals surface area contributed by atoms with Gasteiger partial charge in [-0.25, -0.2) is 0 Å². The molecule has 0 aromatic carbocycles. The van der Waals surface area contributed by atoms with Crippen LogP contribution in [-0.2, 0) is 9.59 Å². The molecule has 1 saturated carbocycles. The molecule has 1 spiro atoms. The molecule has 0 aromatic rings. The molecule has 2 fully saturated rings. The third kappa shape index (κ3) is 3.26. The average Bonchev–Trinajstić information content (AvgIpc) is 3.09. The van der Waals surface area contributed by atoms with Crippen LogP contribution in [0.3, 0.4) is 0 Å². The molecule has 0 radical (unpaired) electrons. The summed E-state index contributed by atoms with van der Waals surface area (Å²) in [6, 6.07) is 0. The molecular formula is C14H25N3O2. The van der Waals surface area contributed by atoms with Gasteiger partial charge in [0.1, 0.15) is 0 Å². The lowest BCUT2D eigenvalue weighted by atomic mass is 9.91. The third-order valence-corrected chi connectivity index (χ3v) is 4.42. The maximum atomic E-state index is 12.3. The molecule has 5 heteroatoms. The summed E-state index contributed by atoms with van der Waals surface area (Å²) in [7, 11) is 1.74. The van der Waals surface area contributed by atoms with Crippen LogP contribution in [0.15, 0.2) is 0 Å². The number of rotatable bonds is 5. The van der Waals surface area contributed by atoms with Crippen molar-refractivity contribution in [3.8, 4) is 0 Å². The van der Waals surface area contributed by atoms with E-state index in [1.54, 1.807) is 11.9 Å². The van der Waals surface area contributed by atoms with Crippen molar-refractivity contribution in [3.05, 3.63) is 0 Å². The SMILES string of the molecule is CCCNC(=O)CN(C)C(=O)C1CC12CCNCC2.